The summed E-state index contributed by atoms with van der Waals surface area (Å²) in [5.41, 5.74) is 2.93. The molecule has 144 valence electrons. The van der Waals surface area contributed by atoms with Gasteiger partial charge in [0.25, 0.3) is 0 Å². The summed E-state index contributed by atoms with van der Waals surface area (Å²) in [5.74, 6) is 0.196. The average molecular weight is 375 g/mol. The van der Waals surface area contributed by atoms with Crippen molar-refractivity contribution < 1.29 is 4.79 Å². The third-order valence-electron chi connectivity index (χ3n) is 5.33. The highest BCUT2D eigenvalue weighted by Crippen LogP contribution is 2.22. The smallest absolute Gasteiger partial charge is 0.227 e. The van der Waals surface area contributed by atoms with Gasteiger partial charge in [0.1, 0.15) is 5.69 Å². The van der Waals surface area contributed by atoms with Crippen LogP contribution in [0.25, 0.3) is 11.3 Å². The fraction of sp³-hybridized carbons (Fsp3) is 0.364. The van der Waals surface area contributed by atoms with E-state index in [1.165, 1.54) is 6.42 Å². The minimum Gasteiger partial charge on any atom is -0.339 e. The minimum atomic E-state index is 0.196. The summed E-state index contributed by atoms with van der Waals surface area (Å²) < 4.78 is 1.89. The monoisotopic (exact) mass is 375 g/mol. The van der Waals surface area contributed by atoms with Crippen molar-refractivity contribution in [3.8, 4) is 11.3 Å². The van der Waals surface area contributed by atoms with Gasteiger partial charge in [0.2, 0.25) is 5.91 Å². The maximum Gasteiger partial charge on any atom is 0.227 e. The van der Waals surface area contributed by atoms with E-state index in [9.17, 15) is 4.79 Å². The highest BCUT2D eigenvalue weighted by molar-refractivity contribution is 5.79. The lowest BCUT2D eigenvalue weighted by Crippen LogP contribution is -2.44. The number of amides is 1. The predicted molar refractivity (Wildman–Crippen MR) is 107 cm³/mol. The second-order valence-electron chi connectivity index (χ2n) is 7.30. The van der Waals surface area contributed by atoms with Crippen molar-refractivity contribution in [2.45, 2.75) is 44.7 Å². The van der Waals surface area contributed by atoms with Crippen LogP contribution in [0.1, 0.15) is 31.2 Å². The first-order chi connectivity index (χ1) is 13.8. The number of rotatable bonds is 6. The van der Waals surface area contributed by atoms with Crippen LogP contribution in [0.5, 0.6) is 0 Å². The summed E-state index contributed by atoms with van der Waals surface area (Å²) in [6.07, 6.45) is 10.1. The van der Waals surface area contributed by atoms with E-state index in [0.717, 1.165) is 49.2 Å². The van der Waals surface area contributed by atoms with E-state index in [0.29, 0.717) is 6.42 Å². The van der Waals surface area contributed by atoms with E-state index in [-0.39, 0.29) is 11.9 Å². The third kappa shape index (κ3) is 4.44. The molecule has 0 aliphatic carbocycles. The number of carbonyl (C=O) groups is 1. The molecule has 1 aromatic carbocycles. The Morgan fingerprint density at radius 2 is 2.00 bits per heavy atom. The number of likely N-dealkylation sites (tertiary alicyclic amines) is 1. The lowest BCUT2D eigenvalue weighted by atomic mass is 9.98. The summed E-state index contributed by atoms with van der Waals surface area (Å²) in [4.78, 5) is 19.0. The van der Waals surface area contributed by atoms with E-state index in [1.807, 2.05) is 53.3 Å². The number of piperidine rings is 1. The molecule has 1 amide bonds. The Hall–Kier alpha value is -3.02. The fourth-order valence-corrected chi connectivity index (χ4v) is 3.84. The molecular weight excluding hydrogens is 350 g/mol. The van der Waals surface area contributed by atoms with E-state index in [1.54, 1.807) is 12.4 Å². The first-order valence-electron chi connectivity index (χ1n) is 9.93. The molecule has 1 aliphatic heterocycles. The van der Waals surface area contributed by atoms with Gasteiger partial charge in [-0.15, -0.1) is 5.10 Å². The van der Waals surface area contributed by atoms with Gasteiger partial charge >= 0.3 is 0 Å². The van der Waals surface area contributed by atoms with Crippen molar-refractivity contribution >= 4 is 5.91 Å². The fourth-order valence-electron chi connectivity index (χ4n) is 3.84. The SMILES string of the molecule is O=C(Cc1cccnc1)N1CCCCC1CCn1cc(-c2ccccc2)nn1. The zero-order valence-electron chi connectivity index (χ0n) is 15.9. The lowest BCUT2D eigenvalue weighted by Gasteiger charge is -2.36. The molecule has 0 spiro atoms. The molecule has 3 heterocycles. The minimum absolute atomic E-state index is 0.196. The van der Waals surface area contributed by atoms with Gasteiger partial charge in [-0.3, -0.25) is 14.5 Å². The van der Waals surface area contributed by atoms with Crippen molar-refractivity contribution in [3.05, 3.63) is 66.6 Å². The molecule has 0 saturated carbocycles. The summed E-state index contributed by atoms with van der Waals surface area (Å²) in [6.45, 7) is 1.61. The maximum atomic E-state index is 12.8. The zero-order chi connectivity index (χ0) is 19.2. The Morgan fingerprint density at radius 1 is 1.11 bits per heavy atom. The van der Waals surface area contributed by atoms with Gasteiger partial charge in [0, 0.05) is 37.1 Å². The average Bonchev–Trinajstić information content (AvgIpc) is 3.23. The second kappa shape index (κ2) is 8.78. The van der Waals surface area contributed by atoms with Crippen molar-refractivity contribution in [2.24, 2.45) is 0 Å². The molecule has 1 saturated heterocycles. The van der Waals surface area contributed by atoms with Crippen LogP contribution in [0, 0.1) is 0 Å². The number of aryl methyl sites for hydroxylation is 1. The van der Waals surface area contributed by atoms with Crippen LogP contribution in [0.4, 0.5) is 0 Å². The first-order valence-corrected chi connectivity index (χ1v) is 9.93. The quantitative estimate of drug-likeness (QED) is 0.663. The third-order valence-corrected chi connectivity index (χ3v) is 5.33. The van der Waals surface area contributed by atoms with Crippen LogP contribution < -0.4 is 0 Å². The van der Waals surface area contributed by atoms with E-state index in [2.05, 4.69) is 20.2 Å². The van der Waals surface area contributed by atoms with E-state index >= 15 is 0 Å². The molecule has 4 rings (SSSR count). The number of hydrogen-bond donors (Lipinski definition) is 0. The van der Waals surface area contributed by atoms with Crippen LogP contribution in [0.3, 0.4) is 0 Å². The molecule has 1 fully saturated rings. The Kier molecular flexibility index (Phi) is 5.75. The second-order valence-corrected chi connectivity index (χ2v) is 7.30. The normalized spacial score (nSPS) is 16.9. The van der Waals surface area contributed by atoms with Gasteiger partial charge in [0.05, 0.1) is 12.6 Å². The summed E-state index contributed by atoms with van der Waals surface area (Å²) >= 11 is 0. The van der Waals surface area contributed by atoms with Gasteiger partial charge in [-0.1, -0.05) is 41.6 Å². The molecule has 6 nitrogen and oxygen atoms in total. The Morgan fingerprint density at radius 3 is 2.82 bits per heavy atom. The first kappa shape index (κ1) is 18.3. The summed E-state index contributed by atoms with van der Waals surface area (Å²) in [7, 11) is 0. The maximum absolute atomic E-state index is 12.8. The standard InChI is InChI=1S/C22H25N5O/c28-22(15-18-7-6-12-23-16-18)27-13-5-4-10-20(27)11-14-26-17-21(24-25-26)19-8-2-1-3-9-19/h1-3,6-9,12,16-17,20H,4-5,10-11,13-15H2. The molecule has 28 heavy (non-hydrogen) atoms. The van der Waals surface area contributed by atoms with Crippen molar-refractivity contribution in [2.75, 3.05) is 6.54 Å². The van der Waals surface area contributed by atoms with Crippen molar-refractivity contribution in [1.29, 1.82) is 0 Å². The van der Waals surface area contributed by atoms with Gasteiger partial charge in [-0.05, 0) is 37.3 Å². The van der Waals surface area contributed by atoms with Crippen molar-refractivity contribution in [1.82, 2.24) is 24.9 Å². The molecule has 0 N–H and O–H groups in total. The van der Waals surface area contributed by atoms with Crippen LogP contribution in [-0.4, -0.2) is 43.4 Å². The van der Waals surface area contributed by atoms with Gasteiger partial charge in [0.15, 0.2) is 0 Å². The molecule has 0 bridgehead atoms. The molecule has 1 unspecified atom stereocenters. The number of benzene rings is 1. The zero-order valence-corrected chi connectivity index (χ0v) is 15.9. The number of aromatic nitrogens is 4. The number of nitrogens with zero attached hydrogens (tertiary/aromatic N) is 5. The van der Waals surface area contributed by atoms with Gasteiger partial charge in [-0.25, -0.2) is 0 Å². The molecule has 1 aliphatic rings. The van der Waals surface area contributed by atoms with Crippen LogP contribution >= 0.6 is 0 Å². The molecule has 1 atom stereocenters. The number of carbonyl (C=O) groups excluding carboxylic acids is 1. The Balaban J connectivity index is 1.37. The summed E-state index contributed by atoms with van der Waals surface area (Å²) in [6, 6.07) is 14.2. The highest BCUT2D eigenvalue weighted by Gasteiger charge is 2.26. The van der Waals surface area contributed by atoms with Gasteiger partial charge in [-0.2, -0.15) is 0 Å². The van der Waals surface area contributed by atoms with Crippen LogP contribution in [-0.2, 0) is 17.8 Å². The van der Waals surface area contributed by atoms with E-state index < -0.39 is 0 Å². The molecular formula is C22H25N5O. The molecule has 2 aromatic heterocycles. The van der Waals surface area contributed by atoms with Crippen LogP contribution in [0.15, 0.2) is 61.1 Å². The molecule has 6 heteroatoms. The van der Waals surface area contributed by atoms with Crippen molar-refractivity contribution in [3.63, 3.8) is 0 Å². The Labute approximate surface area is 165 Å². The highest BCUT2D eigenvalue weighted by atomic mass is 16.2. The number of pyridine rings is 1. The lowest BCUT2D eigenvalue weighted by molar-refractivity contribution is -0.134. The van der Waals surface area contributed by atoms with Crippen LogP contribution in [0.2, 0.25) is 0 Å². The molecule has 3 aromatic rings. The molecule has 0 radical (unpaired) electrons. The Bertz CT molecular complexity index is 894. The predicted octanol–water partition coefficient (Wildman–Crippen LogP) is 3.35. The summed E-state index contributed by atoms with van der Waals surface area (Å²) in [5, 5.41) is 8.56. The topological polar surface area (TPSA) is 63.9 Å². The van der Waals surface area contributed by atoms with E-state index in [4.69, 9.17) is 0 Å². The number of hydrogen-bond acceptors (Lipinski definition) is 4. The largest absolute Gasteiger partial charge is 0.339 e. The van der Waals surface area contributed by atoms with Gasteiger partial charge < -0.3 is 4.90 Å².